The standard InChI is InChI=1S/C11H21N3O3/c1-7-6-14(5-4-9(7)15)8(2)10(16)13-11(17)12-3/h7-9,15H,4-6H2,1-3H3,(H2,12,13,16,17). The van der Waals surface area contributed by atoms with Crippen LogP contribution >= 0.6 is 0 Å². The minimum Gasteiger partial charge on any atom is -0.393 e. The van der Waals surface area contributed by atoms with Gasteiger partial charge in [0.2, 0.25) is 5.91 Å². The topological polar surface area (TPSA) is 81.7 Å². The highest BCUT2D eigenvalue weighted by molar-refractivity contribution is 5.96. The van der Waals surface area contributed by atoms with Gasteiger partial charge in [-0.05, 0) is 19.3 Å². The Bertz CT molecular complexity index is 296. The van der Waals surface area contributed by atoms with Crippen LogP contribution in [0.2, 0.25) is 0 Å². The number of amides is 3. The fourth-order valence-corrected chi connectivity index (χ4v) is 1.96. The summed E-state index contributed by atoms with van der Waals surface area (Å²) in [5.74, 6) is -0.160. The van der Waals surface area contributed by atoms with Crippen LogP contribution in [0.1, 0.15) is 20.3 Å². The van der Waals surface area contributed by atoms with E-state index in [0.717, 1.165) is 0 Å². The van der Waals surface area contributed by atoms with Gasteiger partial charge in [0.25, 0.3) is 0 Å². The first-order valence-electron chi connectivity index (χ1n) is 5.90. The smallest absolute Gasteiger partial charge is 0.321 e. The van der Waals surface area contributed by atoms with Gasteiger partial charge in [-0.25, -0.2) is 4.79 Å². The maximum atomic E-state index is 11.7. The van der Waals surface area contributed by atoms with Crippen LogP contribution < -0.4 is 10.6 Å². The molecule has 3 atom stereocenters. The van der Waals surface area contributed by atoms with Crippen molar-refractivity contribution in [3.63, 3.8) is 0 Å². The predicted molar refractivity (Wildman–Crippen MR) is 63.4 cm³/mol. The molecular formula is C11H21N3O3. The maximum Gasteiger partial charge on any atom is 0.321 e. The Kier molecular flexibility index (Phi) is 4.89. The van der Waals surface area contributed by atoms with Gasteiger partial charge in [0.1, 0.15) is 0 Å². The van der Waals surface area contributed by atoms with Gasteiger partial charge in [-0.2, -0.15) is 0 Å². The second kappa shape index (κ2) is 5.97. The lowest BCUT2D eigenvalue weighted by Gasteiger charge is -2.37. The number of carbonyl (C=O) groups excluding carboxylic acids is 2. The second-order valence-electron chi connectivity index (χ2n) is 4.57. The SMILES string of the molecule is CNC(=O)NC(=O)C(C)N1CCC(O)C(C)C1. The van der Waals surface area contributed by atoms with E-state index in [2.05, 4.69) is 10.6 Å². The molecule has 1 aliphatic rings. The van der Waals surface area contributed by atoms with Gasteiger partial charge in [0.05, 0.1) is 12.1 Å². The lowest BCUT2D eigenvalue weighted by Crippen LogP contribution is -2.53. The molecule has 0 aromatic carbocycles. The van der Waals surface area contributed by atoms with Crippen molar-refractivity contribution >= 4 is 11.9 Å². The summed E-state index contributed by atoms with van der Waals surface area (Å²) < 4.78 is 0. The molecule has 6 nitrogen and oxygen atoms in total. The molecule has 3 unspecified atom stereocenters. The van der Waals surface area contributed by atoms with Crippen molar-refractivity contribution in [1.29, 1.82) is 0 Å². The number of urea groups is 1. The minimum absolute atomic E-state index is 0.152. The van der Waals surface area contributed by atoms with Crippen LogP contribution in [0.15, 0.2) is 0 Å². The summed E-state index contributed by atoms with van der Waals surface area (Å²) in [6.07, 6.45) is 0.374. The third kappa shape index (κ3) is 3.67. The van der Waals surface area contributed by atoms with Crippen molar-refractivity contribution in [1.82, 2.24) is 15.5 Å². The summed E-state index contributed by atoms with van der Waals surface area (Å²) in [5, 5.41) is 14.2. The fraction of sp³-hybridized carbons (Fsp3) is 0.818. The van der Waals surface area contributed by atoms with Crippen molar-refractivity contribution in [2.75, 3.05) is 20.1 Å². The number of likely N-dealkylation sites (tertiary alicyclic amines) is 1. The number of hydrogen-bond donors (Lipinski definition) is 3. The van der Waals surface area contributed by atoms with Crippen LogP contribution in [-0.2, 0) is 4.79 Å². The first-order valence-corrected chi connectivity index (χ1v) is 5.90. The van der Waals surface area contributed by atoms with Crippen molar-refractivity contribution in [3.8, 4) is 0 Å². The van der Waals surface area contributed by atoms with Crippen LogP contribution in [0.3, 0.4) is 0 Å². The molecule has 0 aromatic heterocycles. The van der Waals surface area contributed by atoms with Gasteiger partial charge in [-0.3, -0.25) is 15.0 Å². The van der Waals surface area contributed by atoms with Crippen LogP contribution in [0.5, 0.6) is 0 Å². The Hall–Kier alpha value is -1.14. The average Bonchev–Trinajstić information content (AvgIpc) is 2.31. The fourth-order valence-electron chi connectivity index (χ4n) is 1.96. The van der Waals surface area contributed by atoms with Crippen molar-refractivity contribution in [2.45, 2.75) is 32.4 Å². The molecule has 1 rings (SSSR count). The quantitative estimate of drug-likeness (QED) is 0.612. The highest BCUT2D eigenvalue weighted by atomic mass is 16.3. The van der Waals surface area contributed by atoms with E-state index >= 15 is 0 Å². The van der Waals surface area contributed by atoms with Crippen LogP contribution in [0.25, 0.3) is 0 Å². The van der Waals surface area contributed by atoms with Gasteiger partial charge >= 0.3 is 6.03 Å². The molecule has 1 saturated heterocycles. The zero-order valence-electron chi connectivity index (χ0n) is 10.6. The number of aliphatic hydroxyl groups excluding tert-OH is 1. The summed E-state index contributed by atoms with van der Waals surface area (Å²) >= 11 is 0. The Morgan fingerprint density at radius 3 is 2.65 bits per heavy atom. The monoisotopic (exact) mass is 243 g/mol. The number of hydrogen-bond acceptors (Lipinski definition) is 4. The first kappa shape index (κ1) is 13.9. The van der Waals surface area contributed by atoms with Gasteiger partial charge < -0.3 is 10.4 Å². The van der Waals surface area contributed by atoms with E-state index in [-0.39, 0.29) is 24.0 Å². The average molecular weight is 243 g/mol. The molecule has 1 fully saturated rings. The summed E-state index contributed by atoms with van der Waals surface area (Å²) in [6.45, 7) is 5.07. The number of carbonyl (C=O) groups is 2. The van der Waals surface area contributed by atoms with E-state index in [9.17, 15) is 14.7 Å². The molecule has 1 aliphatic heterocycles. The van der Waals surface area contributed by atoms with Gasteiger partial charge in [-0.1, -0.05) is 6.92 Å². The van der Waals surface area contributed by atoms with E-state index < -0.39 is 6.03 Å². The highest BCUT2D eigenvalue weighted by Crippen LogP contribution is 2.18. The van der Waals surface area contributed by atoms with Crippen LogP contribution in [0.4, 0.5) is 4.79 Å². The second-order valence-corrected chi connectivity index (χ2v) is 4.57. The van der Waals surface area contributed by atoms with Crippen LogP contribution in [0, 0.1) is 5.92 Å². The van der Waals surface area contributed by atoms with Gasteiger partial charge in [0, 0.05) is 20.1 Å². The maximum absolute atomic E-state index is 11.7. The first-order chi connectivity index (χ1) is 7.95. The molecule has 0 radical (unpaired) electrons. The summed E-state index contributed by atoms with van der Waals surface area (Å²) in [4.78, 5) is 24.7. The third-order valence-electron chi connectivity index (χ3n) is 3.28. The molecule has 0 spiro atoms. The zero-order valence-corrected chi connectivity index (χ0v) is 10.6. The molecule has 1 heterocycles. The number of piperidine rings is 1. The number of rotatable bonds is 2. The third-order valence-corrected chi connectivity index (χ3v) is 3.28. The Labute approximate surface area is 101 Å². The number of aliphatic hydroxyl groups is 1. The molecule has 3 amide bonds. The lowest BCUT2D eigenvalue weighted by atomic mass is 9.95. The molecule has 98 valence electrons. The molecule has 0 saturated carbocycles. The molecule has 17 heavy (non-hydrogen) atoms. The molecular weight excluding hydrogens is 222 g/mol. The molecule has 3 N–H and O–H groups in total. The highest BCUT2D eigenvalue weighted by Gasteiger charge is 2.30. The number of imide groups is 1. The largest absolute Gasteiger partial charge is 0.393 e. The van der Waals surface area contributed by atoms with Crippen molar-refractivity contribution < 1.29 is 14.7 Å². The van der Waals surface area contributed by atoms with Crippen molar-refractivity contribution in [3.05, 3.63) is 0 Å². The van der Waals surface area contributed by atoms with E-state index in [1.54, 1.807) is 6.92 Å². The molecule has 0 aliphatic carbocycles. The normalized spacial score (nSPS) is 27.3. The van der Waals surface area contributed by atoms with E-state index in [1.807, 2.05) is 11.8 Å². The minimum atomic E-state index is -0.494. The van der Waals surface area contributed by atoms with Gasteiger partial charge in [-0.15, -0.1) is 0 Å². The Morgan fingerprint density at radius 2 is 2.12 bits per heavy atom. The molecule has 0 bridgehead atoms. The summed E-state index contributed by atoms with van der Waals surface area (Å²) in [7, 11) is 1.46. The number of nitrogens with one attached hydrogen (secondary N) is 2. The summed E-state index contributed by atoms with van der Waals surface area (Å²) in [6, 6.07) is -0.853. The molecule has 6 heteroatoms. The Balaban J connectivity index is 2.49. The van der Waals surface area contributed by atoms with E-state index in [0.29, 0.717) is 19.5 Å². The zero-order chi connectivity index (χ0) is 13.0. The predicted octanol–water partition coefficient (Wildman–Crippen LogP) is -0.467. The van der Waals surface area contributed by atoms with E-state index in [4.69, 9.17) is 0 Å². The Morgan fingerprint density at radius 1 is 1.47 bits per heavy atom. The van der Waals surface area contributed by atoms with E-state index in [1.165, 1.54) is 7.05 Å². The van der Waals surface area contributed by atoms with Crippen molar-refractivity contribution in [2.24, 2.45) is 5.92 Å². The summed E-state index contributed by atoms with van der Waals surface area (Å²) in [5.41, 5.74) is 0. The number of nitrogens with zero attached hydrogens (tertiary/aromatic N) is 1. The lowest BCUT2D eigenvalue weighted by molar-refractivity contribution is -0.126. The molecule has 0 aromatic rings. The van der Waals surface area contributed by atoms with Crippen LogP contribution in [-0.4, -0.2) is 54.2 Å². The van der Waals surface area contributed by atoms with Gasteiger partial charge in [0.15, 0.2) is 0 Å².